The lowest BCUT2D eigenvalue weighted by molar-refractivity contribution is 0.669. The monoisotopic (exact) mass is 1040 g/mol. The highest BCUT2D eigenvalue weighted by molar-refractivity contribution is 6.30. The van der Waals surface area contributed by atoms with E-state index in [4.69, 9.17) is 8.83 Å². The Bertz CT molecular complexity index is 5390. The van der Waals surface area contributed by atoms with Crippen LogP contribution in [0.15, 0.2) is 300 Å². The van der Waals surface area contributed by atoms with Crippen LogP contribution in [0.2, 0.25) is 0 Å². The van der Waals surface area contributed by atoms with E-state index >= 15 is 0 Å². The minimum Gasteiger partial charge on any atom is -0.456 e. The molecule has 0 aliphatic heterocycles. The summed E-state index contributed by atoms with van der Waals surface area (Å²) in [5.41, 5.74) is 14.4. The predicted molar refractivity (Wildman–Crippen MR) is 346 cm³/mol. The van der Waals surface area contributed by atoms with Crippen LogP contribution in [0.1, 0.15) is 0 Å². The summed E-state index contributed by atoms with van der Waals surface area (Å²) in [6, 6.07) is 105. The highest BCUT2D eigenvalue weighted by Crippen LogP contribution is 2.51. The summed E-state index contributed by atoms with van der Waals surface area (Å²) in [5.74, 6) is 0. The van der Waals surface area contributed by atoms with Crippen LogP contribution in [0.25, 0.3) is 131 Å². The standard InChI is InChI=1S/C78H48N2O2/c1-3-17-49(18-4-1)50-31-37-57(38-32-50)79(69-47-73-77(64-29-15-13-27-62(64)69)75-60-25-11-9-19-51(60)35-43-71(75)81-73)58-39-33-53(34-40-58)59-41-42-68(67-46-55-22-8-7-21-54(55)45-66(59)67)80(56-23-5-2-6-24-56)70-48-74-78(65-30-16-14-28-63(65)70)76-61-26-12-10-20-52(61)36-44-72(76)82-74/h1-48H. The van der Waals surface area contributed by atoms with Crippen LogP contribution in [-0.4, -0.2) is 0 Å². The van der Waals surface area contributed by atoms with Gasteiger partial charge in [-0.25, -0.2) is 0 Å². The van der Waals surface area contributed by atoms with Crippen LogP contribution in [0, 0.1) is 0 Å². The van der Waals surface area contributed by atoms with Crippen molar-refractivity contribution in [3.63, 3.8) is 0 Å². The predicted octanol–water partition coefficient (Wildman–Crippen LogP) is 22.7. The molecular weight excluding hydrogens is 997 g/mol. The van der Waals surface area contributed by atoms with Gasteiger partial charge in [-0.1, -0.05) is 212 Å². The Morgan fingerprint density at radius 2 is 0.610 bits per heavy atom. The van der Waals surface area contributed by atoms with Gasteiger partial charge in [0, 0.05) is 66.9 Å². The van der Waals surface area contributed by atoms with Crippen LogP contribution >= 0.6 is 0 Å². The largest absolute Gasteiger partial charge is 0.456 e. The highest BCUT2D eigenvalue weighted by Gasteiger charge is 2.25. The van der Waals surface area contributed by atoms with Crippen LogP contribution in [0.5, 0.6) is 0 Å². The van der Waals surface area contributed by atoms with E-state index in [2.05, 4.69) is 301 Å². The molecule has 0 aliphatic carbocycles. The molecule has 0 atom stereocenters. The number of anilines is 6. The Labute approximate surface area is 472 Å². The van der Waals surface area contributed by atoms with Gasteiger partial charge in [0.1, 0.15) is 22.3 Å². The summed E-state index contributed by atoms with van der Waals surface area (Å²) in [6.07, 6.45) is 0. The minimum atomic E-state index is 0.852. The zero-order valence-electron chi connectivity index (χ0n) is 44.4. The first-order chi connectivity index (χ1) is 40.7. The van der Waals surface area contributed by atoms with Crippen molar-refractivity contribution < 1.29 is 8.83 Å². The second kappa shape index (κ2) is 18.3. The Hall–Kier alpha value is -10.9. The fourth-order valence-electron chi connectivity index (χ4n) is 13.2. The molecule has 0 aliphatic rings. The number of para-hydroxylation sites is 1. The fraction of sp³-hybridized carbons (Fsp3) is 0. The van der Waals surface area contributed by atoms with Gasteiger partial charge in [0.2, 0.25) is 0 Å². The average Bonchev–Trinajstić information content (AvgIpc) is 2.61. The summed E-state index contributed by atoms with van der Waals surface area (Å²) >= 11 is 0. The van der Waals surface area contributed by atoms with Gasteiger partial charge < -0.3 is 18.6 Å². The van der Waals surface area contributed by atoms with Crippen molar-refractivity contribution in [3.8, 4) is 22.3 Å². The van der Waals surface area contributed by atoms with E-state index in [0.29, 0.717) is 0 Å². The van der Waals surface area contributed by atoms with E-state index in [9.17, 15) is 0 Å². The van der Waals surface area contributed by atoms with Crippen molar-refractivity contribution in [1.29, 1.82) is 0 Å². The first-order valence-corrected chi connectivity index (χ1v) is 28.1. The number of furan rings is 2. The molecule has 0 saturated heterocycles. The summed E-state index contributed by atoms with van der Waals surface area (Å²) in [7, 11) is 0. The molecule has 0 N–H and O–H groups in total. The molecule has 4 nitrogen and oxygen atoms in total. The molecule has 0 unspecified atom stereocenters. The molecular formula is C78H48N2O2. The van der Waals surface area contributed by atoms with Gasteiger partial charge in [-0.05, 0) is 137 Å². The molecule has 0 bridgehead atoms. The Morgan fingerprint density at radius 1 is 0.207 bits per heavy atom. The number of rotatable bonds is 8. The molecule has 0 spiro atoms. The first kappa shape index (κ1) is 46.0. The molecule has 0 saturated carbocycles. The van der Waals surface area contributed by atoms with Gasteiger partial charge in [-0.15, -0.1) is 0 Å². The number of fused-ring (bicyclic) bond motifs is 16. The van der Waals surface area contributed by atoms with Crippen molar-refractivity contribution in [1.82, 2.24) is 0 Å². The zero-order chi connectivity index (χ0) is 53.8. The Kier molecular flexibility index (Phi) is 10.3. The van der Waals surface area contributed by atoms with Gasteiger partial charge >= 0.3 is 0 Å². The second-order valence-corrected chi connectivity index (χ2v) is 21.5. The van der Waals surface area contributed by atoms with Crippen LogP contribution in [-0.2, 0) is 0 Å². The maximum absolute atomic E-state index is 6.89. The fourth-order valence-corrected chi connectivity index (χ4v) is 13.2. The molecule has 0 amide bonds. The second-order valence-electron chi connectivity index (χ2n) is 21.5. The van der Waals surface area contributed by atoms with Crippen molar-refractivity contribution in [2.45, 2.75) is 0 Å². The molecule has 0 radical (unpaired) electrons. The molecule has 0 fully saturated rings. The van der Waals surface area contributed by atoms with E-state index < -0.39 is 0 Å². The Balaban J connectivity index is 0.855. The van der Waals surface area contributed by atoms with Crippen molar-refractivity contribution >= 4 is 143 Å². The average molecular weight is 1050 g/mol. The number of nitrogens with zero attached hydrogens (tertiary/aromatic N) is 2. The van der Waals surface area contributed by atoms with Gasteiger partial charge in [0.05, 0.1) is 17.1 Å². The number of hydrogen-bond acceptors (Lipinski definition) is 4. The van der Waals surface area contributed by atoms with Crippen LogP contribution < -0.4 is 9.80 Å². The van der Waals surface area contributed by atoms with Gasteiger partial charge in [-0.2, -0.15) is 0 Å². The lowest BCUT2D eigenvalue weighted by Crippen LogP contribution is -2.11. The SMILES string of the molecule is c1ccc(-c2ccc(N(c3ccc(-c4ccc(N(c5ccccc5)c5cc6oc7ccc8ccccc8c7c6c6ccccc56)c5cc6ccccc6cc45)cc3)c3cc4oc5ccc6ccccc6c5c4c4ccccc34)cc2)cc1. The topological polar surface area (TPSA) is 32.8 Å². The molecule has 82 heavy (non-hydrogen) atoms. The summed E-state index contributed by atoms with van der Waals surface area (Å²) in [6.45, 7) is 0. The smallest absolute Gasteiger partial charge is 0.138 e. The lowest BCUT2D eigenvalue weighted by atomic mass is 9.93. The van der Waals surface area contributed by atoms with Crippen molar-refractivity contribution in [2.24, 2.45) is 0 Å². The number of benzene rings is 15. The molecule has 17 aromatic rings. The highest BCUT2D eigenvalue weighted by atomic mass is 16.3. The first-order valence-electron chi connectivity index (χ1n) is 28.1. The third-order valence-corrected chi connectivity index (χ3v) is 17.0. The molecule has 2 heterocycles. The van der Waals surface area contributed by atoms with E-state index in [-0.39, 0.29) is 0 Å². The normalized spacial score (nSPS) is 11.9. The molecule has 382 valence electrons. The van der Waals surface area contributed by atoms with Crippen molar-refractivity contribution in [3.05, 3.63) is 291 Å². The quantitative estimate of drug-likeness (QED) is 0.142. The Morgan fingerprint density at radius 3 is 1.16 bits per heavy atom. The van der Waals surface area contributed by atoms with E-state index in [0.717, 1.165) is 127 Å². The van der Waals surface area contributed by atoms with E-state index in [1.807, 2.05) is 0 Å². The molecule has 4 heteroatoms. The third-order valence-electron chi connectivity index (χ3n) is 17.0. The van der Waals surface area contributed by atoms with E-state index in [1.165, 1.54) is 37.9 Å². The lowest BCUT2D eigenvalue weighted by Gasteiger charge is -2.29. The van der Waals surface area contributed by atoms with Gasteiger partial charge in [-0.3, -0.25) is 0 Å². The summed E-state index contributed by atoms with van der Waals surface area (Å²) in [4.78, 5) is 4.83. The third kappa shape index (κ3) is 7.18. The molecule has 17 rings (SSSR count). The number of hydrogen-bond donors (Lipinski definition) is 0. The zero-order valence-corrected chi connectivity index (χ0v) is 44.4. The minimum absolute atomic E-state index is 0.852. The maximum Gasteiger partial charge on any atom is 0.138 e. The van der Waals surface area contributed by atoms with Crippen LogP contribution in [0.3, 0.4) is 0 Å². The maximum atomic E-state index is 6.89. The molecule has 15 aromatic carbocycles. The summed E-state index contributed by atoms with van der Waals surface area (Å²) < 4.78 is 13.8. The molecule has 2 aromatic heterocycles. The van der Waals surface area contributed by atoms with Crippen LogP contribution in [0.4, 0.5) is 34.1 Å². The van der Waals surface area contributed by atoms with Gasteiger partial charge in [0.15, 0.2) is 0 Å². The van der Waals surface area contributed by atoms with Gasteiger partial charge in [0.25, 0.3) is 0 Å². The van der Waals surface area contributed by atoms with E-state index in [1.54, 1.807) is 0 Å². The van der Waals surface area contributed by atoms with Crippen molar-refractivity contribution in [2.75, 3.05) is 9.80 Å². The summed E-state index contributed by atoms with van der Waals surface area (Å²) in [5, 5.41) is 18.6.